The SMILES string of the molecule is CC(C)C1OC(=O)C2(/C=C/c3ccc4ccc(nc4c3)[C@@H](C)NC(=O)[C@]3(C)CCCN(N3)C(=O)[C@H](C)NC1=O)CCC(O)CC2. The van der Waals surface area contributed by atoms with Gasteiger partial charge < -0.3 is 20.5 Å². The Hall–Kier alpha value is -3.83. The molecule has 1 unspecified atom stereocenters. The van der Waals surface area contributed by atoms with Gasteiger partial charge in [0.25, 0.3) is 11.8 Å². The highest BCUT2D eigenvalue weighted by molar-refractivity contribution is 5.92. The lowest BCUT2D eigenvalue weighted by Crippen LogP contribution is -2.67. The van der Waals surface area contributed by atoms with Crippen LogP contribution in [0.4, 0.5) is 0 Å². The molecule has 1 saturated carbocycles. The van der Waals surface area contributed by atoms with Crippen LogP contribution < -0.4 is 16.1 Å². The summed E-state index contributed by atoms with van der Waals surface area (Å²) in [6, 6.07) is 8.34. The highest BCUT2D eigenvalue weighted by Gasteiger charge is 2.44. The van der Waals surface area contributed by atoms with Gasteiger partial charge in [-0.2, -0.15) is 0 Å². The molecule has 11 heteroatoms. The summed E-state index contributed by atoms with van der Waals surface area (Å²) in [5.41, 5.74) is 3.28. The minimum absolute atomic E-state index is 0.261. The van der Waals surface area contributed by atoms with Crippen LogP contribution in [0.25, 0.3) is 17.0 Å². The van der Waals surface area contributed by atoms with Crippen LogP contribution in [-0.4, -0.2) is 69.1 Å². The number of carbonyl (C=O) groups excluding carboxylic acids is 4. The molecule has 3 amide bonds. The molecular formula is C34H45N5O6. The Balaban J connectivity index is 1.55. The molecule has 3 heterocycles. The molecule has 1 spiro atoms. The molecule has 2 aliphatic heterocycles. The summed E-state index contributed by atoms with van der Waals surface area (Å²) >= 11 is 0. The number of amides is 3. The number of carbonyl (C=O) groups is 4. The number of nitrogens with zero attached hydrogens (tertiary/aromatic N) is 2. The number of esters is 1. The van der Waals surface area contributed by atoms with E-state index >= 15 is 0 Å². The molecule has 2 aromatic rings. The fourth-order valence-corrected chi connectivity index (χ4v) is 6.38. The third-order valence-electron chi connectivity index (χ3n) is 9.41. The maximum atomic E-state index is 13.9. The van der Waals surface area contributed by atoms with E-state index in [-0.39, 0.29) is 11.8 Å². The van der Waals surface area contributed by atoms with Gasteiger partial charge in [0, 0.05) is 11.9 Å². The van der Waals surface area contributed by atoms with Crippen LogP contribution in [0.15, 0.2) is 36.4 Å². The Kier molecular flexibility index (Phi) is 9.32. The van der Waals surface area contributed by atoms with Crippen LogP contribution in [0.5, 0.6) is 0 Å². The summed E-state index contributed by atoms with van der Waals surface area (Å²) < 4.78 is 5.95. The summed E-state index contributed by atoms with van der Waals surface area (Å²) in [5.74, 6) is -2.12. The van der Waals surface area contributed by atoms with Gasteiger partial charge in [-0.25, -0.2) is 5.43 Å². The Morgan fingerprint density at radius 2 is 1.71 bits per heavy atom. The normalized spacial score (nSPS) is 32.7. The van der Waals surface area contributed by atoms with Crippen molar-refractivity contribution in [1.82, 2.24) is 26.1 Å². The maximum Gasteiger partial charge on any atom is 0.316 e. The van der Waals surface area contributed by atoms with Crippen LogP contribution >= 0.6 is 0 Å². The second kappa shape index (κ2) is 12.9. The second-order valence-electron chi connectivity index (χ2n) is 13.4. The average molecular weight is 620 g/mol. The summed E-state index contributed by atoms with van der Waals surface area (Å²) in [7, 11) is 0. The van der Waals surface area contributed by atoms with Crippen molar-refractivity contribution in [1.29, 1.82) is 0 Å². The highest BCUT2D eigenvalue weighted by atomic mass is 16.5. The second-order valence-corrected chi connectivity index (χ2v) is 13.4. The van der Waals surface area contributed by atoms with Crippen molar-refractivity contribution in [2.45, 2.75) is 103 Å². The van der Waals surface area contributed by atoms with Gasteiger partial charge in [0.15, 0.2) is 6.10 Å². The lowest BCUT2D eigenvalue weighted by Gasteiger charge is -2.41. The number of benzene rings is 1. The standard InChI is InChI=1S/C34H45N5O6/c1-20(2)28-29(41)35-22(4)30(42)39-18-6-14-33(5,38-39)31(43)36-21(3)26-10-9-24-8-7-23(19-27(24)37-26)11-15-34(32(44)45-28)16-12-25(40)13-17-34/h7-11,15,19-22,25,28,38,40H,6,12-14,16-18H2,1-5H3,(H,35,41)(H,36,43)/b15-11+/t21-,22+,25?,28?,33+,34?/m1/s1. The van der Waals surface area contributed by atoms with Crippen LogP contribution in [0.1, 0.15) is 90.4 Å². The predicted molar refractivity (Wildman–Crippen MR) is 169 cm³/mol. The lowest BCUT2D eigenvalue weighted by atomic mass is 9.72. The van der Waals surface area contributed by atoms with Gasteiger partial charge >= 0.3 is 5.97 Å². The fourth-order valence-electron chi connectivity index (χ4n) is 6.38. The van der Waals surface area contributed by atoms with E-state index in [4.69, 9.17) is 9.72 Å². The molecule has 4 atom stereocenters. The molecule has 1 aromatic carbocycles. The number of aliphatic hydroxyl groups is 1. The number of hydrogen-bond acceptors (Lipinski definition) is 8. The van der Waals surface area contributed by atoms with Gasteiger partial charge in [-0.3, -0.25) is 29.2 Å². The Morgan fingerprint density at radius 1 is 1.00 bits per heavy atom. The number of aliphatic hydroxyl groups excluding tert-OH is 1. The minimum Gasteiger partial charge on any atom is -0.451 e. The Labute approximate surface area is 264 Å². The average Bonchev–Trinajstić information content (AvgIpc) is 3.01. The zero-order valence-electron chi connectivity index (χ0n) is 26.8. The summed E-state index contributed by atoms with van der Waals surface area (Å²) in [4.78, 5) is 59.3. The maximum absolute atomic E-state index is 13.9. The molecule has 1 aromatic heterocycles. The molecule has 4 N–H and O–H groups in total. The number of rotatable bonds is 1. The fraction of sp³-hybridized carbons (Fsp3) is 0.559. The molecule has 5 rings (SSSR count). The largest absolute Gasteiger partial charge is 0.451 e. The minimum atomic E-state index is -1.13. The van der Waals surface area contributed by atoms with E-state index < -0.39 is 53.0 Å². The van der Waals surface area contributed by atoms with Gasteiger partial charge in [-0.1, -0.05) is 44.2 Å². The summed E-state index contributed by atoms with van der Waals surface area (Å²) in [6.45, 7) is 9.14. The first-order valence-electron chi connectivity index (χ1n) is 16.0. The number of hydrazine groups is 1. The van der Waals surface area contributed by atoms with Gasteiger partial charge in [-0.15, -0.1) is 0 Å². The number of pyridine rings is 1. The molecule has 0 radical (unpaired) electrons. The third kappa shape index (κ3) is 6.89. The monoisotopic (exact) mass is 619 g/mol. The number of fused-ring (bicyclic) bond motifs is 4. The van der Waals surface area contributed by atoms with E-state index in [0.29, 0.717) is 50.8 Å². The van der Waals surface area contributed by atoms with E-state index in [9.17, 15) is 24.3 Å². The van der Waals surface area contributed by atoms with Crippen molar-refractivity contribution in [2.75, 3.05) is 6.54 Å². The Bertz CT molecular complexity index is 1500. The zero-order valence-corrected chi connectivity index (χ0v) is 26.8. The van der Waals surface area contributed by atoms with Crippen LogP contribution in [0.3, 0.4) is 0 Å². The van der Waals surface area contributed by atoms with Crippen molar-refractivity contribution in [3.05, 3.63) is 47.7 Å². The number of aromatic nitrogens is 1. The molecule has 3 aliphatic rings. The number of cyclic esters (lactones) is 1. The van der Waals surface area contributed by atoms with E-state index in [1.54, 1.807) is 27.7 Å². The lowest BCUT2D eigenvalue weighted by molar-refractivity contribution is -0.168. The predicted octanol–water partition coefficient (Wildman–Crippen LogP) is 3.32. The number of nitrogens with one attached hydrogen (secondary N) is 3. The van der Waals surface area contributed by atoms with Gasteiger partial charge in [-0.05, 0) is 82.9 Å². The van der Waals surface area contributed by atoms with E-state index in [1.807, 2.05) is 49.4 Å². The molecule has 5 bridgehead atoms. The van der Waals surface area contributed by atoms with Crippen LogP contribution in [0.2, 0.25) is 0 Å². The van der Waals surface area contributed by atoms with Crippen LogP contribution in [0, 0.1) is 11.3 Å². The Morgan fingerprint density at radius 3 is 2.42 bits per heavy atom. The van der Waals surface area contributed by atoms with Crippen LogP contribution in [-0.2, 0) is 23.9 Å². The van der Waals surface area contributed by atoms with Crippen molar-refractivity contribution in [3.8, 4) is 0 Å². The first-order valence-corrected chi connectivity index (χ1v) is 16.0. The topological polar surface area (TPSA) is 150 Å². The van der Waals surface area contributed by atoms with Gasteiger partial charge in [0.2, 0.25) is 5.91 Å². The van der Waals surface area contributed by atoms with Crippen molar-refractivity contribution >= 4 is 40.7 Å². The molecule has 1 saturated heterocycles. The molecule has 242 valence electrons. The summed E-state index contributed by atoms with van der Waals surface area (Å²) in [6.07, 6.45) is 4.77. The quantitative estimate of drug-likeness (QED) is 0.355. The molecule has 45 heavy (non-hydrogen) atoms. The number of hydrogen-bond donors (Lipinski definition) is 4. The summed E-state index contributed by atoms with van der Waals surface area (Å²) in [5, 5.41) is 18.4. The first kappa shape index (κ1) is 32.6. The van der Waals surface area contributed by atoms with Crippen molar-refractivity contribution in [3.63, 3.8) is 0 Å². The first-order chi connectivity index (χ1) is 21.3. The molecule has 11 nitrogen and oxygen atoms in total. The van der Waals surface area contributed by atoms with E-state index in [2.05, 4.69) is 16.1 Å². The molecule has 1 aliphatic carbocycles. The molecule has 2 fully saturated rings. The smallest absolute Gasteiger partial charge is 0.316 e. The van der Waals surface area contributed by atoms with Crippen molar-refractivity contribution < 1.29 is 29.0 Å². The third-order valence-corrected chi connectivity index (χ3v) is 9.41. The van der Waals surface area contributed by atoms with E-state index in [1.165, 1.54) is 5.01 Å². The zero-order chi connectivity index (χ0) is 32.5. The van der Waals surface area contributed by atoms with E-state index in [0.717, 1.165) is 16.5 Å². The highest BCUT2D eigenvalue weighted by Crippen LogP contribution is 2.40. The van der Waals surface area contributed by atoms with Gasteiger partial charge in [0.1, 0.15) is 11.6 Å². The molecular weight excluding hydrogens is 574 g/mol. The van der Waals surface area contributed by atoms with Gasteiger partial charge in [0.05, 0.1) is 28.8 Å². The number of ether oxygens (including phenoxy) is 1. The van der Waals surface area contributed by atoms with Crippen molar-refractivity contribution in [2.24, 2.45) is 11.3 Å².